The Morgan fingerprint density at radius 1 is 1.05 bits per heavy atom. The van der Waals surface area contributed by atoms with Gasteiger partial charge >= 0.3 is 0 Å². The second-order valence-electron chi connectivity index (χ2n) is 5.00. The first kappa shape index (κ1) is 14.1. The number of halogens is 1. The summed E-state index contributed by atoms with van der Waals surface area (Å²) in [4.78, 5) is 6.02. The zero-order valence-electron chi connectivity index (χ0n) is 11.5. The number of anilines is 1. The molecule has 21 heavy (non-hydrogen) atoms. The highest BCUT2D eigenvalue weighted by atomic mass is 35.5. The molecule has 106 valence electrons. The third-order valence-corrected chi connectivity index (χ3v) is 5.15. The molecule has 1 N–H and O–H groups in total. The number of benzene rings is 2. The van der Waals surface area contributed by atoms with Gasteiger partial charge in [-0.3, -0.25) is 4.99 Å². The summed E-state index contributed by atoms with van der Waals surface area (Å²) in [7, 11) is 0. The van der Waals surface area contributed by atoms with Crippen LogP contribution in [0.5, 0.6) is 0 Å². The van der Waals surface area contributed by atoms with Gasteiger partial charge in [0.1, 0.15) is 6.04 Å². The van der Waals surface area contributed by atoms with Crippen LogP contribution >= 0.6 is 23.7 Å². The lowest BCUT2D eigenvalue weighted by Crippen LogP contribution is -2.10. The van der Waals surface area contributed by atoms with Crippen LogP contribution in [0.4, 0.5) is 5.69 Å². The second kappa shape index (κ2) is 5.51. The molecule has 0 saturated carbocycles. The molecule has 0 spiro atoms. The zero-order valence-corrected chi connectivity index (χ0v) is 13.2. The molecule has 0 saturated heterocycles. The van der Waals surface area contributed by atoms with Crippen LogP contribution in [0.1, 0.15) is 22.0 Å². The molecule has 0 bridgehead atoms. The van der Waals surface area contributed by atoms with E-state index in [2.05, 4.69) is 65.8 Å². The molecule has 1 aromatic heterocycles. The van der Waals surface area contributed by atoms with Crippen molar-refractivity contribution in [2.45, 2.75) is 13.0 Å². The van der Waals surface area contributed by atoms with Gasteiger partial charge in [0.2, 0.25) is 0 Å². The maximum absolute atomic E-state index is 4.67. The van der Waals surface area contributed by atoms with Gasteiger partial charge in [0.05, 0.1) is 6.34 Å². The van der Waals surface area contributed by atoms with Crippen LogP contribution in [0.15, 0.2) is 53.5 Å². The topological polar surface area (TPSA) is 24.4 Å². The standard InChI is InChI=1S/C17H14N2S.ClH/c1-11-12-6-3-5-9-15(12)20-17(11)16-13-7-2-4-8-14(13)18-10-19-16;/h2-10,16H,1H3,(H,18,19);1H. The van der Waals surface area contributed by atoms with Crippen LogP contribution in [0.2, 0.25) is 0 Å². The van der Waals surface area contributed by atoms with Crippen LogP contribution < -0.4 is 5.32 Å². The quantitative estimate of drug-likeness (QED) is 0.658. The Bertz CT molecular complexity index is 823. The lowest BCUT2D eigenvalue weighted by Gasteiger charge is -2.20. The highest BCUT2D eigenvalue weighted by Gasteiger charge is 2.23. The Balaban J connectivity index is 0.00000132. The van der Waals surface area contributed by atoms with Crippen LogP contribution in [-0.2, 0) is 0 Å². The molecular weight excluding hydrogens is 300 g/mol. The van der Waals surface area contributed by atoms with Gasteiger partial charge in [-0.2, -0.15) is 0 Å². The van der Waals surface area contributed by atoms with E-state index in [1.807, 2.05) is 17.7 Å². The molecule has 1 aliphatic heterocycles. The summed E-state index contributed by atoms with van der Waals surface area (Å²) in [5, 5.41) is 4.57. The predicted molar refractivity (Wildman–Crippen MR) is 94.2 cm³/mol. The highest BCUT2D eigenvalue weighted by molar-refractivity contribution is 7.19. The number of para-hydroxylation sites is 1. The van der Waals surface area contributed by atoms with E-state index in [-0.39, 0.29) is 18.4 Å². The molecular formula is C17H15ClN2S. The van der Waals surface area contributed by atoms with Gasteiger partial charge in [-0.25, -0.2) is 0 Å². The molecule has 4 rings (SSSR count). The molecule has 4 heteroatoms. The van der Waals surface area contributed by atoms with Gasteiger partial charge in [-0.1, -0.05) is 36.4 Å². The molecule has 0 aliphatic carbocycles. The van der Waals surface area contributed by atoms with Crippen molar-refractivity contribution in [1.29, 1.82) is 0 Å². The number of thiophene rings is 1. The monoisotopic (exact) mass is 314 g/mol. The van der Waals surface area contributed by atoms with Crippen molar-refractivity contribution >= 4 is 45.9 Å². The van der Waals surface area contributed by atoms with E-state index < -0.39 is 0 Å². The fourth-order valence-electron chi connectivity index (χ4n) is 2.79. The summed E-state index contributed by atoms with van der Waals surface area (Å²) in [5.74, 6) is 0. The third kappa shape index (κ3) is 2.23. The van der Waals surface area contributed by atoms with E-state index in [9.17, 15) is 0 Å². The van der Waals surface area contributed by atoms with Crippen molar-refractivity contribution < 1.29 is 0 Å². The van der Waals surface area contributed by atoms with Crippen LogP contribution in [0.25, 0.3) is 10.1 Å². The minimum absolute atomic E-state index is 0. The summed E-state index contributed by atoms with van der Waals surface area (Å²) in [5.41, 5.74) is 3.76. The summed E-state index contributed by atoms with van der Waals surface area (Å²) in [6.07, 6.45) is 1.82. The van der Waals surface area contributed by atoms with E-state index in [1.165, 1.54) is 26.1 Å². The fraction of sp³-hybridized carbons (Fsp3) is 0.118. The van der Waals surface area contributed by atoms with Crippen molar-refractivity contribution in [1.82, 2.24) is 0 Å². The minimum atomic E-state index is 0. The van der Waals surface area contributed by atoms with Gasteiger partial charge < -0.3 is 5.32 Å². The van der Waals surface area contributed by atoms with Crippen molar-refractivity contribution in [3.05, 3.63) is 64.5 Å². The van der Waals surface area contributed by atoms with Gasteiger partial charge in [0.15, 0.2) is 0 Å². The summed E-state index contributed by atoms with van der Waals surface area (Å²) in [6, 6.07) is 17.1. The number of aryl methyl sites for hydroxylation is 1. The van der Waals surface area contributed by atoms with E-state index >= 15 is 0 Å². The Morgan fingerprint density at radius 3 is 2.67 bits per heavy atom. The molecule has 0 fully saturated rings. The lowest BCUT2D eigenvalue weighted by atomic mass is 9.99. The molecule has 2 aromatic carbocycles. The first-order valence-electron chi connectivity index (χ1n) is 6.70. The maximum atomic E-state index is 4.67. The molecule has 3 aromatic rings. The average Bonchev–Trinajstić information content (AvgIpc) is 2.84. The van der Waals surface area contributed by atoms with Crippen molar-refractivity contribution in [2.75, 3.05) is 5.32 Å². The molecule has 1 unspecified atom stereocenters. The fourth-order valence-corrected chi connectivity index (χ4v) is 4.07. The highest BCUT2D eigenvalue weighted by Crippen LogP contribution is 2.41. The molecule has 0 radical (unpaired) electrons. The Morgan fingerprint density at radius 2 is 1.81 bits per heavy atom. The predicted octanol–water partition coefficient (Wildman–Crippen LogP) is 5.17. The Hall–Kier alpha value is -1.84. The SMILES string of the molecule is Cc1c(C2N=CNc3ccccc32)sc2ccccc12.Cl. The second-order valence-corrected chi connectivity index (χ2v) is 6.08. The molecule has 2 nitrogen and oxygen atoms in total. The number of rotatable bonds is 1. The number of aliphatic imine (C=N–C) groups is 1. The average molecular weight is 315 g/mol. The summed E-state index contributed by atoms with van der Waals surface area (Å²) in [6.45, 7) is 2.20. The molecule has 1 atom stereocenters. The van der Waals surface area contributed by atoms with Gasteiger partial charge in [0.25, 0.3) is 0 Å². The van der Waals surface area contributed by atoms with E-state index in [0.717, 1.165) is 5.69 Å². The molecule has 1 aliphatic rings. The van der Waals surface area contributed by atoms with Gasteiger partial charge in [0, 0.05) is 20.8 Å². The normalized spacial score (nSPS) is 16.1. The lowest BCUT2D eigenvalue weighted by molar-refractivity contribution is 0.885. The van der Waals surface area contributed by atoms with E-state index in [0.29, 0.717) is 0 Å². The summed E-state index contributed by atoms with van der Waals surface area (Å²) < 4.78 is 1.34. The number of hydrogen-bond donors (Lipinski definition) is 1. The van der Waals surface area contributed by atoms with Crippen LogP contribution in [0.3, 0.4) is 0 Å². The van der Waals surface area contributed by atoms with Crippen molar-refractivity contribution in [3.8, 4) is 0 Å². The van der Waals surface area contributed by atoms with Crippen LogP contribution in [-0.4, -0.2) is 6.34 Å². The molecule has 0 amide bonds. The Labute approximate surface area is 133 Å². The third-order valence-electron chi connectivity index (χ3n) is 3.83. The summed E-state index contributed by atoms with van der Waals surface area (Å²) >= 11 is 1.85. The first-order valence-corrected chi connectivity index (χ1v) is 7.51. The number of hydrogen-bond acceptors (Lipinski definition) is 3. The van der Waals surface area contributed by atoms with Crippen molar-refractivity contribution in [2.24, 2.45) is 4.99 Å². The van der Waals surface area contributed by atoms with Gasteiger partial charge in [-0.05, 0) is 30.0 Å². The van der Waals surface area contributed by atoms with Crippen LogP contribution in [0, 0.1) is 6.92 Å². The van der Waals surface area contributed by atoms with E-state index in [1.54, 1.807) is 0 Å². The maximum Gasteiger partial charge on any atom is 0.113 e. The molecule has 2 heterocycles. The van der Waals surface area contributed by atoms with Gasteiger partial charge in [-0.15, -0.1) is 23.7 Å². The largest absolute Gasteiger partial charge is 0.346 e. The van der Waals surface area contributed by atoms with E-state index in [4.69, 9.17) is 0 Å². The Kier molecular flexibility index (Phi) is 3.70. The smallest absolute Gasteiger partial charge is 0.113 e. The minimum Gasteiger partial charge on any atom is -0.346 e. The number of fused-ring (bicyclic) bond motifs is 2. The first-order chi connectivity index (χ1) is 9.84. The number of nitrogens with one attached hydrogen (secondary N) is 1. The zero-order chi connectivity index (χ0) is 13.5. The van der Waals surface area contributed by atoms with Crippen molar-refractivity contribution in [3.63, 3.8) is 0 Å². The number of nitrogens with zero attached hydrogens (tertiary/aromatic N) is 1.